The van der Waals surface area contributed by atoms with Gasteiger partial charge in [0.25, 0.3) is 11.8 Å². The van der Waals surface area contributed by atoms with Gasteiger partial charge in [-0.3, -0.25) is 9.59 Å². The Bertz CT molecular complexity index is 968. The average Bonchev–Trinajstić information content (AvgIpc) is 2.77. The van der Waals surface area contributed by atoms with E-state index in [1.54, 1.807) is 62.6 Å². The Morgan fingerprint density at radius 3 is 2.00 bits per heavy atom. The van der Waals surface area contributed by atoms with Crippen molar-refractivity contribution in [3.63, 3.8) is 0 Å². The molecule has 6 heteroatoms. The molecule has 0 aliphatic carbocycles. The number of ether oxygens (including phenoxy) is 2. The third-order valence-electron chi connectivity index (χ3n) is 4.26. The number of carbonyl (C=O) groups excluding carboxylic acids is 2. The fourth-order valence-electron chi connectivity index (χ4n) is 2.67. The molecule has 3 aromatic carbocycles. The van der Waals surface area contributed by atoms with Gasteiger partial charge in [0.15, 0.2) is 6.61 Å². The van der Waals surface area contributed by atoms with E-state index in [0.717, 1.165) is 11.3 Å². The van der Waals surface area contributed by atoms with Gasteiger partial charge in [0.05, 0.1) is 0 Å². The number of carbonyl (C=O) groups is 2. The van der Waals surface area contributed by atoms with Gasteiger partial charge in [0.1, 0.15) is 18.1 Å². The van der Waals surface area contributed by atoms with Crippen molar-refractivity contribution in [2.24, 2.45) is 0 Å². The van der Waals surface area contributed by atoms with Gasteiger partial charge in [0.2, 0.25) is 0 Å². The second-order valence-corrected chi connectivity index (χ2v) is 6.86. The number of benzene rings is 3. The molecule has 154 valence electrons. The predicted molar refractivity (Wildman–Crippen MR) is 116 cm³/mol. The van der Waals surface area contributed by atoms with Crippen LogP contribution in [-0.2, 0) is 11.4 Å². The zero-order chi connectivity index (χ0) is 21.3. The van der Waals surface area contributed by atoms with E-state index in [9.17, 15) is 9.59 Å². The van der Waals surface area contributed by atoms with E-state index in [4.69, 9.17) is 9.47 Å². The molecule has 6 nitrogen and oxygen atoms in total. The minimum absolute atomic E-state index is 0.0904. The maximum atomic E-state index is 12.1. The SMILES string of the molecule is CN(C)C(=O)c1ccc(NC(=O)COc2ccc(OCc3ccccc3)cc2)cc1. The number of anilines is 1. The molecule has 0 saturated carbocycles. The van der Waals surface area contributed by atoms with Crippen LogP contribution in [0.1, 0.15) is 15.9 Å². The Labute approximate surface area is 176 Å². The van der Waals surface area contributed by atoms with Gasteiger partial charge < -0.3 is 19.7 Å². The van der Waals surface area contributed by atoms with Gasteiger partial charge in [-0.1, -0.05) is 30.3 Å². The number of amides is 2. The maximum absolute atomic E-state index is 12.1. The van der Waals surface area contributed by atoms with Gasteiger partial charge in [0, 0.05) is 25.3 Å². The lowest BCUT2D eigenvalue weighted by atomic mass is 10.2. The van der Waals surface area contributed by atoms with E-state index in [-0.39, 0.29) is 18.4 Å². The highest BCUT2D eigenvalue weighted by molar-refractivity contribution is 5.95. The molecule has 3 rings (SSSR count). The third-order valence-corrected chi connectivity index (χ3v) is 4.26. The summed E-state index contributed by atoms with van der Waals surface area (Å²) in [4.78, 5) is 25.5. The lowest BCUT2D eigenvalue weighted by Crippen LogP contribution is -2.22. The Morgan fingerprint density at radius 2 is 1.40 bits per heavy atom. The minimum Gasteiger partial charge on any atom is -0.489 e. The van der Waals surface area contributed by atoms with Crippen molar-refractivity contribution in [2.75, 3.05) is 26.0 Å². The lowest BCUT2D eigenvalue weighted by molar-refractivity contribution is -0.118. The molecule has 0 radical (unpaired) electrons. The molecule has 0 aliphatic rings. The molecular weight excluding hydrogens is 380 g/mol. The van der Waals surface area contributed by atoms with Crippen molar-refractivity contribution in [1.29, 1.82) is 0 Å². The van der Waals surface area contributed by atoms with Crippen LogP contribution in [0.4, 0.5) is 5.69 Å². The van der Waals surface area contributed by atoms with Crippen LogP contribution in [0, 0.1) is 0 Å². The van der Waals surface area contributed by atoms with E-state index in [1.165, 1.54) is 4.90 Å². The van der Waals surface area contributed by atoms with Crippen LogP contribution < -0.4 is 14.8 Å². The van der Waals surface area contributed by atoms with Crippen LogP contribution in [0.2, 0.25) is 0 Å². The van der Waals surface area contributed by atoms with Crippen LogP contribution in [0.3, 0.4) is 0 Å². The fraction of sp³-hybridized carbons (Fsp3) is 0.167. The van der Waals surface area contributed by atoms with Crippen LogP contribution in [0.15, 0.2) is 78.9 Å². The second kappa shape index (κ2) is 10.1. The largest absolute Gasteiger partial charge is 0.489 e. The number of rotatable bonds is 8. The highest BCUT2D eigenvalue weighted by atomic mass is 16.5. The third kappa shape index (κ3) is 6.10. The molecular formula is C24H24N2O4. The highest BCUT2D eigenvalue weighted by Gasteiger charge is 2.09. The fourth-order valence-corrected chi connectivity index (χ4v) is 2.67. The first-order valence-electron chi connectivity index (χ1n) is 9.52. The van der Waals surface area contributed by atoms with Crippen molar-refractivity contribution in [3.05, 3.63) is 90.0 Å². The summed E-state index contributed by atoms with van der Waals surface area (Å²) >= 11 is 0. The number of nitrogens with one attached hydrogen (secondary N) is 1. The summed E-state index contributed by atoms with van der Waals surface area (Å²) in [6.45, 7) is 0.366. The molecule has 0 aromatic heterocycles. The summed E-state index contributed by atoms with van der Waals surface area (Å²) in [5.74, 6) is 0.922. The van der Waals surface area contributed by atoms with Gasteiger partial charge >= 0.3 is 0 Å². The van der Waals surface area contributed by atoms with Crippen LogP contribution in [0.25, 0.3) is 0 Å². The molecule has 3 aromatic rings. The molecule has 0 unspecified atom stereocenters. The Balaban J connectivity index is 1.44. The highest BCUT2D eigenvalue weighted by Crippen LogP contribution is 2.19. The van der Waals surface area contributed by atoms with Crippen molar-refractivity contribution in [1.82, 2.24) is 4.90 Å². The summed E-state index contributed by atoms with van der Waals surface area (Å²) in [5, 5.41) is 2.74. The van der Waals surface area contributed by atoms with E-state index in [0.29, 0.717) is 23.6 Å². The molecule has 0 atom stereocenters. The predicted octanol–water partition coefficient (Wildman–Crippen LogP) is 3.98. The zero-order valence-electron chi connectivity index (χ0n) is 17.0. The molecule has 0 fully saturated rings. The maximum Gasteiger partial charge on any atom is 0.262 e. The molecule has 0 bridgehead atoms. The number of hydrogen-bond donors (Lipinski definition) is 1. The molecule has 0 spiro atoms. The smallest absolute Gasteiger partial charge is 0.262 e. The Morgan fingerprint density at radius 1 is 0.800 bits per heavy atom. The van der Waals surface area contributed by atoms with Crippen molar-refractivity contribution >= 4 is 17.5 Å². The number of hydrogen-bond acceptors (Lipinski definition) is 4. The zero-order valence-corrected chi connectivity index (χ0v) is 17.0. The summed E-state index contributed by atoms with van der Waals surface area (Å²) < 4.78 is 11.3. The molecule has 0 aliphatic heterocycles. The molecule has 0 saturated heterocycles. The normalized spacial score (nSPS) is 10.2. The van der Waals surface area contributed by atoms with E-state index in [2.05, 4.69) is 5.32 Å². The van der Waals surface area contributed by atoms with Gasteiger partial charge in [-0.05, 0) is 54.1 Å². The lowest BCUT2D eigenvalue weighted by Gasteiger charge is -2.11. The van der Waals surface area contributed by atoms with Crippen molar-refractivity contribution in [3.8, 4) is 11.5 Å². The quantitative estimate of drug-likeness (QED) is 0.617. The standard InChI is InChI=1S/C24H24N2O4/c1-26(2)24(28)19-8-10-20(11-9-19)25-23(27)17-30-22-14-12-21(13-15-22)29-16-18-6-4-3-5-7-18/h3-15H,16-17H2,1-2H3,(H,25,27). The summed E-state index contributed by atoms with van der Waals surface area (Å²) in [6.07, 6.45) is 0. The van der Waals surface area contributed by atoms with Gasteiger partial charge in [-0.15, -0.1) is 0 Å². The Kier molecular flexibility index (Phi) is 7.05. The summed E-state index contributed by atoms with van der Waals surface area (Å²) in [5.41, 5.74) is 2.25. The van der Waals surface area contributed by atoms with Crippen LogP contribution >= 0.6 is 0 Å². The minimum atomic E-state index is -0.286. The van der Waals surface area contributed by atoms with Gasteiger partial charge in [-0.25, -0.2) is 0 Å². The molecule has 1 N–H and O–H groups in total. The van der Waals surface area contributed by atoms with Crippen LogP contribution in [0.5, 0.6) is 11.5 Å². The van der Waals surface area contributed by atoms with Crippen LogP contribution in [-0.4, -0.2) is 37.4 Å². The molecule has 2 amide bonds. The van der Waals surface area contributed by atoms with E-state index in [1.807, 2.05) is 30.3 Å². The van der Waals surface area contributed by atoms with Gasteiger partial charge in [-0.2, -0.15) is 0 Å². The summed E-state index contributed by atoms with van der Waals surface area (Å²) in [7, 11) is 3.38. The summed E-state index contributed by atoms with van der Waals surface area (Å²) in [6, 6.07) is 23.8. The second-order valence-electron chi connectivity index (χ2n) is 6.86. The van der Waals surface area contributed by atoms with E-state index >= 15 is 0 Å². The number of nitrogens with zero attached hydrogens (tertiary/aromatic N) is 1. The average molecular weight is 404 g/mol. The molecule has 30 heavy (non-hydrogen) atoms. The molecule has 0 heterocycles. The van der Waals surface area contributed by atoms with E-state index < -0.39 is 0 Å². The Hall–Kier alpha value is -3.80. The topological polar surface area (TPSA) is 67.9 Å². The monoisotopic (exact) mass is 404 g/mol. The first kappa shape index (κ1) is 20.9. The van der Waals surface area contributed by atoms with Crippen molar-refractivity contribution < 1.29 is 19.1 Å². The first-order valence-corrected chi connectivity index (χ1v) is 9.52. The first-order chi connectivity index (χ1) is 14.5. The van der Waals surface area contributed by atoms with Crippen molar-refractivity contribution in [2.45, 2.75) is 6.61 Å².